The van der Waals surface area contributed by atoms with E-state index in [1.807, 2.05) is 32.0 Å². The van der Waals surface area contributed by atoms with E-state index in [9.17, 15) is 4.79 Å². The number of aryl methyl sites for hydroxylation is 2. The highest BCUT2D eigenvalue weighted by molar-refractivity contribution is 5.91. The summed E-state index contributed by atoms with van der Waals surface area (Å²) >= 11 is 0. The Bertz CT molecular complexity index is 587. The second kappa shape index (κ2) is 4.59. The standard InChI is InChI=1S/C19H26O2/c1-12-6-7-15(13(2)10-12)17(20)21-16-11-14-8-9-19(16,5)18(14,3)4/h6-7,10,14,16H,8-9,11H2,1-5H3. The van der Waals surface area contributed by atoms with E-state index in [1.54, 1.807) is 0 Å². The van der Waals surface area contributed by atoms with Gasteiger partial charge in [-0.05, 0) is 56.1 Å². The molecule has 21 heavy (non-hydrogen) atoms. The maximum Gasteiger partial charge on any atom is 0.338 e. The van der Waals surface area contributed by atoms with Crippen LogP contribution in [0.3, 0.4) is 0 Å². The topological polar surface area (TPSA) is 26.3 Å². The summed E-state index contributed by atoms with van der Waals surface area (Å²) in [5, 5.41) is 0. The lowest BCUT2D eigenvalue weighted by atomic mass is 9.70. The number of carbonyl (C=O) groups is 1. The molecule has 0 N–H and O–H groups in total. The molecule has 0 aliphatic heterocycles. The summed E-state index contributed by atoms with van der Waals surface area (Å²) in [5.41, 5.74) is 3.31. The summed E-state index contributed by atoms with van der Waals surface area (Å²) in [5.74, 6) is 0.543. The molecule has 114 valence electrons. The minimum absolute atomic E-state index is 0.0689. The van der Waals surface area contributed by atoms with E-state index < -0.39 is 0 Å². The molecule has 0 amide bonds. The fraction of sp³-hybridized carbons (Fsp3) is 0.632. The number of esters is 1. The van der Waals surface area contributed by atoms with Crippen molar-refractivity contribution in [3.63, 3.8) is 0 Å². The van der Waals surface area contributed by atoms with Gasteiger partial charge in [0.15, 0.2) is 0 Å². The lowest BCUT2D eigenvalue weighted by Gasteiger charge is -2.38. The van der Waals surface area contributed by atoms with Gasteiger partial charge in [0.1, 0.15) is 6.10 Å². The van der Waals surface area contributed by atoms with Gasteiger partial charge in [0.05, 0.1) is 5.56 Å². The molecule has 1 aromatic rings. The number of rotatable bonds is 2. The monoisotopic (exact) mass is 286 g/mol. The second-order valence-corrected chi connectivity index (χ2v) is 7.82. The maximum absolute atomic E-state index is 12.5. The van der Waals surface area contributed by atoms with E-state index in [0.717, 1.165) is 12.0 Å². The van der Waals surface area contributed by atoms with Crippen LogP contribution in [0.5, 0.6) is 0 Å². The average molecular weight is 286 g/mol. The first-order valence-corrected chi connectivity index (χ1v) is 8.04. The SMILES string of the molecule is Cc1ccc(C(=O)OC2CC3CCC2(C)C3(C)C)c(C)c1. The van der Waals surface area contributed by atoms with E-state index in [4.69, 9.17) is 4.74 Å². The summed E-state index contributed by atoms with van der Waals surface area (Å²) in [7, 11) is 0. The van der Waals surface area contributed by atoms with Crippen LogP contribution in [-0.4, -0.2) is 12.1 Å². The van der Waals surface area contributed by atoms with Crippen LogP contribution >= 0.6 is 0 Å². The molecular formula is C19H26O2. The molecule has 0 spiro atoms. The minimum Gasteiger partial charge on any atom is -0.458 e. The molecule has 2 fully saturated rings. The highest BCUT2D eigenvalue weighted by atomic mass is 16.5. The molecule has 2 heteroatoms. The molecule has 2 bridgehead atoms. The van der Waals surface area contributed by atoms with Crippen molar-refractivity contribution < 1.29 is 9.53 Å². The third kappa shape index (κ3) is 2.03. The molecule has 2 aliphatic rings. The first-order valence-electron chi connectivity index (χ1n) is 8.04. The molecule has 2 nitrogen and oxygen atoms in total. The van der Waals surface area contributed by atoms with E-state index in [-0.39, 0.29) is 22.9 Å². The zero-order valence-corrected chi connectivity index (χ0v) is 13.8. The van der Waals surface area contributed by atoms with Crippen LogP contribution < -0.4 is 0 Å². The van der Waals surface area contributed by atoms with Gasteiger partial charge in [-0.1, -0.05) is 38.5 Å². The van der Waals surface area contributed by atoms with Gasteiger partial charge in [-0.25, -0.2) is 4.79 Å². The fourth-order valence-corrected chi connectivity index (χ4v) is 4.54. The molecule has 3 atom stereocenters. The van der Waals surface area contributed by atoms with Crippen LogP contribution in [0.4, 0.5) is 0 Å². The van der Waals surface area contributed by atoms with Crippen LogP contribution in [0.25, 0.3) is 0 Å². The molecule has 3 unspecified atom stereocenters. The number of fused-ring (bicyclic) bond motifs is 2. The summed E-state index contributed by atoms with van der Waals surface area (Å²) in [6, 6.07) is 5.92. The van der Waals surface area contributed by atoms with Crippen LogP contribution in [0.1, 0.15) is 61.5 Å². The molecule has 2 aliphatic carbocycles. The first-order chi connectivity index (χ1) is 9.75. The third-order valence-corrected chi connectivity index (χ3v) is 6.57. The van der Waals surface area contributed by atoms with Crippen molar-refractivity contribution in [3.8, 4) is 0 Å². The second-order valence-electron chi connectivity index (χ2n) is 7.82. The Labute approximate surface area is 127 Å². The number of hydrogen-bond acceptors (Lipinski definition) is 2. The number of hydrogen-bond donors (Lipinski definition) is 0. The molecule has 2 saturated carbocycles. The van der Waals surface area contributed by atoms with Gasteiger partial charge < -0.3 is 4.74 Å². The Morgan fingerprint density at radius 3 is 2.48 bits per heavy atom. The largest absolute Gasteiger partial charge is 0.458 e. The number of carbonyl (C=O) groups excluding carboxylic acids is 1. The van der Waals surface area contributed by atoms with Crippen LogP contribution in [0.15, 0.2) is 18.2 Å². The van der Waals surface area contributed by atoms with Gasteiger partial charge >= 0.3 is 5.97 Å². The lowest BCUT2D eigenvalue weighted by Crippen LogP contribution is -2.38. The van der Waals surface area contributed by atoms with Crippen LogP contribution in [0, 0.1) is 30.6 Å². The van der Waals surface area contributed by atoms with Crippen molar-refractivity contribution in [1.82, 2.24) is 0 Å². The normalized spacial score (nSPS) is 33.2. The summed E-state index contributed by atoms with van der Waals surface area (Å²) in [6.45, 7) is 11.0. The molecule has 0 radical (unpaired) electrons. The fourth-order valence-electron chi connectivity index (χ4n) is 4.54. The minimum atomic E-state index is -0.151. The number of ether oxygens (including phenoxy) is 1. The molecule has 3 rings (SSSR count). The van der Waals surface area contributed by atoms with Crippen LogP contribution in [-0.2, 0) is 4.74 Å². The third-order valence-electron chi connectivity index (χ3n) is 6.57. The van der Waals surface area contributed by atoms with Crippen molar-refractivity contribution in [3.05, 3.63) is 34.9 Å². The molecule has 0 aromatic heterocycles. The van der Waals surface area contributed by atoms with Gasteiger partial charge in [0.2, 0.25) is 0 Å². The smallest absolute Gasteiger partial charge is 0.338 e. The van der Waals surface area contributed by atoms with E-state index in [2.05, 4.69) is 20.8 Å². The highest BCUT2D eigenvalue weighted by Gasteiger charge is 2.62. The zero-order valence-electron chi connectivity index (χ0n) is 13.8. The van der Waals surface area contributed by atoms with Crippen molar-refractivity contribution in [1.29, 1.82) is 0 Å². The first kappa shape index (κ1) is 14.6. The van der Waals surface area contributed by atoms with Crippen LogP contribution in [0.2, 0.25) is 0 Å². The van der Waals surface area contributed by atoms with Crippen molar-refractivity contribution >= 4 is 5.97 Å². The van der Waals surface area contributed by atoms with Gasteiger partial charge in [-0.2, -0.15) is 0 Å². The Hall–Kier alpha value is -1.31. The summed E-state index contributed by atoms with van der Waals surface area (Å²) in [4.78, 5) is 12.5. The van der Waals surface area contributed by atoms with E-state index in [1.165, 1.54) is 18.4 Å². The van der Waals surface area contributed by atoms with E-state index in [0.29, 0.717) is 11.5 Å². The van der Waals surface area contributed by atoms with Crippen molar-refractivity contribution in [2.75, 3.05) is 0 Å². The zero-order chi connectivity index (χ0) is 15.4. The predicted molar refractivity (Wildman–Crippen MR) is 84.3 cm³/mol. The maximum atomic E-state index is 12.5. The Morgan fingerprint density at radius 2 is 1.95 bits per heavy atom. The van der Waals surface area contributed by atoms with E-state index >= 15 is 0 Å². The van der Waals surface area contributed by atoms with Gasteiger partial charge in [-0.3, -0.25) is 0 Å². The lowest BCUT2D eigenvalue weighted by molar-refractivity contribution is -0.0243. The predicted octanol–water partition coefficient (Wildman–Crippen LogP) is 4.68. The summed E-state index contributed by atoms with van der Waals surface area (Å²) < 4.78 is 5.95. The Kier molecular flexibility index (Phi) is 3.20. The average Bonchev–Trinajstić information content (AvgIpc) is 2.71. The molecule has 0 heterocycles. The van der Waals surface area contributed by atoms with Gasteiger partial charge in [0.25, 0.3) is 0 Å². The Morgan fingerprint density at radius 1 is 1.24 bits per heavy atom. The van der Waals surface area contributed by atoms with Gasteiger partial charge in [-0.15, -0.1) is 0 Å². The highest BCUT2D eigenvalue weighted by Crippen LogP contribution is 2.66. The van der Waals surface area contributed by atoms with Gasteiger partial charge in [0, 0.05) is 5.41 Å². The number of benzene rings is 1. The molecule has 0 saturated heterocycles. The Balaban J connectivity index is 1.80. The molecule has 1 aromatic carbocycles. The van der Waals surface area contributed by atoms with Crippen molar-refractivity contribution in [2.45, 2.75) is 60.0 Å². The van der Waals surface area contributed by atoms with Crippen molar-refractivity contribution in [2.24, 2.45) is 16.7 Å². The molecular weight excluding hydrogens is 260 g/mol. The quantitative estimate of drug-likeness (QED) is 0.738. The summed E-state index contributed by atoms with van der Waals surface area (Å²) in [6.07, 6.45) is 3.55.